The van der Waals surface area contributed by atoms with E-state index in [-0.39, 0.29) is 17.8 Å². The summed E-state index contributed by atoms with van der Waals surface area (Å²) in [5.41, 5.74) is 0.540. The van der Waals surface area contributed by atoms with Gasteiger partial charge in [-0.1, -0.05) is 32.4 Å². The smallest absolute Gasteiger partial charge is 0.338 e. The quantitative estimate of drug-likeness (QED) is 0.851. The van der Waals surface area contributed by atoms with E-state index in [1.165, 1.54) is 0 Å². The molecule has 0 fully saturated rings. The van der Waals surface area contributed by atoms with E-state index < -0.39 is 0 Å². The van der Waals surface area contributed by atoms with E-state index in [4.69, 9.17) is 4.74 Å². The zero-order chi connectivity index (χ0) is 14.7. The van der Waals surface area contributed by atoms with E-state index in [0.717, 1.165) is 17.2 Å². The summed E-state index contributed by atoms with van der Waals surface area (Å²) < 4.78 is 5.47. The van der Waals surface area contributed by atoms with Crippen LogP contribution in [0.4, 0.5) is 0 Å². The maximum Gasteiger partial charge on any atom is 0.338 e. The minimum Gasteiger partial charge on any atom is -0.508 e. The first-order valence-electron chi connectivity index (χ1n) is 6.95. The van der Waals surface area contributed by atoms with E-state index >= 15 is 0 Å². The third-order valence-corrected chi connectivity index (χ3v) is 3.80. The largest absolute Gasteiger partial charge is 0.508 e. The lowest BCUT2D eigenvalue weighted by atomic mass is 10.0. The predicted octanol–water partition coefficient (Wildman–Crippen LogP) is 4.14. The molecular formula is C17H20O3. The Balaban J connectivity index is 2.20. The normalized spacial score (nSPS) is 13.9. The van der Waals surface area contributed by atoms with Gasteiger partial charge in [-0.2, -0.15) is 0 Å². The Morgan fingerprint density at radius 2 is 1.80 bits per heavy atom. The Kier molecular flexibility index (Phi) is 4.28. The molecule has 3 nitrogen and oxygen atoms in total. The Labute approximate surface area is 119 Å². The first-order chi connectivity index (χ1) is 9.51. The molecule has 2 aromatic rings. The third-order valence-electron chi connectivity index (χ3n) is 3.80. The Morgan fingerprint density at radius 1 is 1.15 bits per heavy atom. The Morgan fingerprint density at radius 3 is 2.50 bits per heavy atom. The molecule has 0 amide bonds. The number of esters is 1. The fraction of sp³-hybridized carbons (Fsp3) is 0.353. The summed E-state index contributed by atoms with van der Waals surface area (Å²) in [6.07, 6.45) is 0.883. The van der Waals surface area contributed by atoms with Gasteiger partial charge in [0.05, 0.1) is 5.56 Å². The molecule has 0 heterocycles. The lowest BCUT2D eigenvalue weighted by Gasteiger charge is -2.19. The third kappa shape index (κ3) is 3.10. The molecule has 0 aliphatic heterocycles. The first-order valence-corrected chi connectivity index (χ1v) is 6.95. The van der Waals surface area contributed by atoms with Gasteiger partial charge in [0, 0.05) is 0 Å². The number of phenolic OH excluding ortho intramolecular Hbond substituents is 1. The molecule has 0 aliphatic rings. The first kappa shape index (κ1) is 14.4. The number of hydrogen-bond acceptors (Lipinski definition) is 3. The molecule has 1 N–H and O–H groups in total. The second kappa shape index (κ2) is 5.95. The van der Waals surface area contributed by atoms with Crippen molar-refractivity contribution in [2.24, 2.45) is 5.92 Å². The molecule has 106 valence electrons. The average molecular weight is 272 g/mol. The fourth-order valence-electron chi connectivity index (χ4n) is 2.05. The van der Waals surface area contributed by atoms with Crippen molar-refractivity contribution in [3.05, 3.63) is 42.0 Å². The van der Waals surface area contributed by atoms with Crippen molar-refractivity contribution in [2.75, 3.05) is 0 Å². The highest BCUT2D eigenvalue weighted by Crippen LogP contribution is 2.22. The number of aromatic hydroxyl groups is 1. The van der Waals surface area contributed by atoms with Gasteiger partial charge in [0.2, 0.25) is 0 Å². The summed E-state index contributed by atoms with van der Waals surface area (Å²) in [6, 6.07) is 10.4. The van der Waals surface area contributed by atoms with Gasteiger partial charge in [-0.25, -0.2) is 4.79 Å². The minimum absolute atomic E-state index is 0.0944. The molecule has 20 heavy (non-hydrogen) atoms. The topological polar surface area (TPSA) is 46.5 Å². The van der Waals surface area contributed by atoms with Crippen molar-refractivity contribution in [1.82, 2.24) is 0 Å². The van der Waals surface area contributed by atoms with Crippen LogP contribution in [0.15, 0.2) is 36.4 Å². The van der Waals surface area contributed by atoms with Crippen LogP contribution in [0.1, 0.15) is 37.6 Å². The van der Waals surface area contributed by atoms with Gasteiger partial charge in [-0.3, -0.25) is 0 Å². The van der Waals surface area contributed by atoms with Crippen LogP contribution in [0.5, 0.6) is 5.75 Å². The van der Waals surface area contributed by atoms with Gasteiger partial charge in [0.1, 0.15) is 11.9 Å². The highest BCUT2D eigenvalue weighted by Gasteiger charge is 2.16. The molecule has 0 radical (unpaired) electrons. The van der Waals surface area contributed by atoms with Crippen LogP contribution >= 0.6 is 0 Å². The van der Waals surface area contributed by atoms with Crippen LogP contribution in [-0.2, 0) is 4.74 Å². The summed E-state index contributed by atoms with van der Waals surface area (Å²) in [6.45, 7) is 6.07. The maximum absolute atomic E-state index is 12.1. The predicted molar refractivity (Wildman–Crippen MR) is 79.9 cm³/mol. The molecule has 0 bridgehead atoms. The maximum atomic E-state index is 12.1. The van der Waals surface area contributed by atoms with Gasteiger partial charge in [-0.05, 0) is 47.9 Å². The lowest BCUT2D eigenvalue weighted by molar-refractivity contribution is 0.0213. The Bertz CT molecular complexity index is 619. The molecule has 0 aliphatic carbocycles. The molecule has 3 heteroatoms. The van der Waals surface area contributed by atoms with Gasteiger partial charge in [-0.15, -0.1) is 0 Å². The number of hydrogen-bond donors (Lipinski definition) is 1. The Hall–Kier alpha value is -2.03. The van der Waals surface area contributed by atoms with Crippen LogP contribution in [0.3, 0.4) is 0 Å². The molecule has 0 spiro atoms. The van der Waals surface area contributed by atoms with Crippen molar-refractivity contribution < 1.29 is 14.6 Å². The number of fused-ring (bicyclic) bond motifs is 1. The van der Waals surface area contributed by atoms with Crippen LogP contribution in [0, 0.1) is 5.92 Å². The van der Waals surface area contributed by atoms with E-state index in [0.29, 0.717) is 11.5 Å². The van der Waals surface area contributed by atoms with E-state index in [1.807, 2.05) is 13.0 Å². The number of rotatable bonds is 4. The fourth-order valence-corrected chi connectivity index (χ4v) is 2.05. The number of carbonyl (C=O) groups is 1. The summed E-state index contributed by atoms with van der Waals surface area (Å²) in [5.74, 6) is 0.266. The lowest BCUT2D eigenvalue weighted by Crippen LogP contribution is -2.21. The number of carbonyl (C=O) groups excluding carboxylic acids is 1. The molecule has 0 saturated heterocycles. The highest BCUT2D eigenvalue weighted by molar-refractivity contribution is 5.95. The van der Waals surface area contributed by atoms with Crippen LogP contribution in [0.2, 0.25) is 0 Å². The van der Waals surface area contributed by atoms with Gasteiger partial charge in [0.25, 0.3) is 0 Å². The molecule has 2 rings (SSSR count). The van der Waals surface area contributed by atoms with Crippen molar-refractivity contribution in [2.45, 2.75) is 33.3 Å². The second-order valence-electron chi connectivity index (χ2n) is 5.24. The van der Waals surface area contributed by atoms with Gasteiger partial charge in [0.15, 0.2) is 0 Å². The van der Waals surface area contributed by atoms with Crippen molar-refractivity contribution >= 4 is 16.7 Å². The monoisotopic (exact) mass is 272 g/mol. The highest BCUT2D eigenvalue weighted by atomic mass is 16.5. The van der Waals surface area contributed by atoms with Crippen molar-refractivity contribution in [3.63, 3.8) is 0 Å². The van der Waals surface area contributed by atoms with Crippen molar-refractivity contribution in [3.8, 4) is 5.75 Å². The average Bonchev–Trinajstić information content (AvgIpc) is 2.45. The molecular weight excluding hydrogens is 252 g/mol. The summed E-state index contributed by atoms with van der Waals surface area (Å²) in [4.78, 5) is 12.1. The zero-order valence-electron chi connectivity index (χ0n) is 12.1. The number of ether oxygens (including phenoxy) is 1. The van der Waals surface area contributed by atoms with Gasteiger partial charge >= 0.3 is 5.97 Å². The number of benzene rings is 2. The second-order valence-corrected chi connectivity index (χ2v) is 5.24. The zero-order valence-corrected chi connectivity index (χ0v) is 12.1. The number of phenols is 1. The van der Waals surface area contributed by atoms with Crippen LogP contribution < -0.4 is 0 Å². The van der Waals surface area contributed by atoms with E-state index in [9.17, 15) is 9.90 Å². The van der Waals surface area contributed by atoms with Crippen LogP contribution in [-0.4, -0.2) is 17.2 Å². The minimum atomic E-state index is -0.298. The standard InChI is InChI=1S/C17H20O3/c1-4-11(2)12(3)20-17(19)15-6-5-14-10-16(18)8-7-13(14)9-15/h5-12,18H,4H2,1-3H3. The molecule has 2 unspecified atom stereocenters. The molecule has 0 aromatic heterocycles. The molecule has 0 saturated carbocycles. The summed E-state index contributed by atoms with van der Waals surface area (Å²) in [5, 5.41) is 11.2. The molecule has 2 aromatic carbocycles. The van der Waals surface area contributed by atoms with E-state index in [2.05, 4.69) is 13.8 Å². The molecule has 2 atom stereocenters. The van der Waals surface area contributed by atoms with Crippen LogP contribution in [0.25, 0.3) is 10.8 Å². The van der Waals surface area contributed by atoms with Crippen molar-refractivity contribution in [1.29, 1.82) is 0 Å². The van der Waals surface area contributed by atoms with Gasteiger partial charge < -0.3 is 9.84 Å². The summed E-state index contributed by atoms with van der Waals surface area (Å²) >= 11 is 0. The summed E-state index contributed by atoms with van der Waals surface area (Å²) in [7, 11) is 0. The van der Waals surface area contributed by atoms with E-state index in [1.54, 1.807) is 30.3 Å². The SMILES string of the molecule is CCC(C)C(C)OC(=O)c1ccc2cc(O)ccc2c1.